The highest BCUT2D eigenvalue weighted by Gasteiger charge is 2.16. The predicted octanol–water partition coefficient (Wildman–Crippen LogP) is 3.61. The molecule has 7 nitrogen and oxygen atoms in total. The van der Waals surface area contributed by atoms with Gasteiger partial charge in [0.15, 0.2) is 0 Å². The second kappa shape index (κ2) is 7.79. The fourth-order valence-electron chi connectivity index (χ4n) is 3.32. The van der Waals surface area contributed by atoms with E-state index in [0.717, 1.165) is 40.2 Å². The van der Waals surface area contributed by atoms with Crippen LogP contribution in [0.2, 0.25) is 0 Å². The molecule has 0 aliphatic carbocycles. The quantitative estimate of drug-likeness (QED) is 0.564. The van der Waals surface area contributed by atoms with Crippen molar-refractivity contribution in [1.82, 2.24) is 29.9 Å². The van der Waals surface area contributed by atoms with Crippen LogP contribution in [-0.2, 0) is 13.0 Å². The van der Waals surface area contributed by atoms with E-state index < -0.39 is 0 Å². The monoisotopic (exact) mass is 385 g/mol. The molecule has 29 heavy (non-hydrogen) atoms. The van der Waals surface area contributed by atoms with Crippen LogP contribution in [0.25, 0.3) is 22.6 Å². The topological polar surface area (TPSA) is 95.4 Å². The van der Waals surface area contributed by atoms with Crippen molar-refractivity contribution in [3.05, 3.63) is 71.2 Å². The van der Waals surface area contributed by atoms with Crippen LogP contribution in [0.15, 0.2) is 48.7 Å². The highest BCUT2D eigenvalue weighted by atomic mass is 15.4. The van der Waals surface area contributed by atoms with Crippen molar-refractivity contribution < 1.29 is 0 Å². The summed E-state index contributed by atoms with van der Waals surface area (Å²) >= 11 is 0. The summed E-state index contributed by atoms with van der Waals surface area (Å²) in [7, 11) is 0. The fraction of sp³-hybridized carbons (Fsp3) is 0.227. The number of nitrogens with zero attached hydrogens (tertiary/aromatic N) is 6. The van der Waals surface area contributed by atoms with Crippen LogP contribution in [0.1, 0.15) is 29.4 Å². The Morgan fingerprint density at radius 3 is 2.48 bits per heavy atom. The van der Waals surface area contributed by atoms with Crippen molar-refractivity contribution >= 4 is 5.95 Å². The first-order valence-electron chi connectivity index (χ1n) is 9.60. The maximum atomic E-state index is 6.02. The van der Waals surface area contributed by atoms with E-state index in [2.05, 4.69) is 51.2 Å². The minimum atomic E-state index is 0.217. The average molecular weight is 385 g/mol. The fourth-order valence-corrected chi connectivity index (χ4v) is 3.32. The van der Waals surface area contributed by atoms with E-state index in [1.54, 1.807) is 4.68 Å². The molecule has 0 aliphatic heterocycles. The van der Waals surface area contributed by atoms with Gasteiger partial charge >= 0.3 is 0 Å². The molecule has 0 fully saturated rings. The van der Waals surface area contributed by atoms with Gasteiger partial charge in [0.1, 0.15) is 11.4 Å². The van der Waals surface area contributed by atoms with Crippen LogP contribution in [-0.4, -0.2) is 29.9 Å². The van der Waals surface area contributed by atoms with Gasteiger partial charge in [-0.2, -0.15) is 0 Å². The maximum absolute atomic E-state index is 6.02. The van der Waals surface area contributed by atoms with E-state index >= 15 is 0 Å². The molecular formula is C22H23N7. The van der Waals surface area contributed by atoms with Crippen LogP contribution in [0.5, 0.6) is 0 Å². The molecule has 0 radical (unpaired) electrons. The first-order chi connectivity index (χ1) is 14.0. The number of aryl methyl sites for hydroxylation is 2. The van der Waals surface area contributed by atoms with E-state index in [1.165, 1.54) is 0 Å². The van der Waals surface area contributed by atoms with Gasteiger partial charge in [-0.15, -0.1) is 5.10 Å². The number of pyridine rings is 1. The molecule has 0 saturated carbocycles. The van der Waals surface area contributed by atoms with E-state index in [0.29, 0.717) is 17.9 Å². The summed E-state index contributed by atoms with van der Waals surface area (Å²) in [6.45, 7) is 6.67. The summed E-state index contributed by atoms with van der Waals surface area (Å²) < 4.78 is 1.77. The second-order valence-electron chi connectivity index (χ2n) is 7.05. The summed E-state index contributed by atoms with van der Waals surface area (Å²) in [5.74, 6) is 0.217. The minimum absolute atomic E-state index is 0.217. The lowest BCUT2D eigenvalue weighted by Gasteiger charge is -2.10. The SMILES string of the molecule is CCc1cccc(Cn2cc(-c3nc(N)nc(-c4cccc(C)c4)c3C)nn2)n1. The van der Waals surface area contributed by atoms with E-state index in [9.17, 15) is 0 Å². The van der Waals surface area contributed by atoms with Gasteiger partial charge in [-0.1, -0.05) is 42.0 Å². The molecule has 0 aliphatic rings. The molecule has 0 saturated heterocycles. The molecule has 4 rings (SSSR count). The van der Waals surface area contributed by atoms with Crippen molar-refractivity contribution in [2.24, 2.45) is 0 Å². The van der Waals surface area contributed by atoms with E-state index in [1.807, 2.05) is 43.5 Å². The molecule has 7 heteroatoms. The lowest BCUT2D eigenvalue weighted by Crippen LogP contribution is -2.04. The summed E-state index contributed by atoms with van der Waals surface area (Å²) in [5, 5.41) is 8.57. The van der Waals surface area contributed by atoms with Gasteiger partial charge in [0.05, 0.1) is 24.1 Å². The van der Waals surface area contributed by atoms with Crippen molar-refractivity contribution in [2.45, 2.75) is 33.7 Å². The zero-order chi connectivity index (χ0) is 20.4. The Morgan fingerprint density at radius 2 is 1.69 bits per heavy atom. The van der Waals surface area contributed by atoms with Gasteiger partial charge in [0.2, 0.25) is 5.95 Å². The molecule has 2 N–H and O–H groups in total. The highest BCUT2D eigenvalue weighted by Crippen LogP contribution is 2.29. The number of nitrogens with two attached hydrogens (primary N) is 1. The molecule has 3 heterocycles. The van der Waals surface area contributed by atoms with Gasteiger partial charge < -0.3 is 5.73 Å². The number of anilines is 1. The van der Waals surface area contributed by atoms with Crippen LogP contribution in [0.4, 0.5) is 5.95 Å². The molecule has 0 spiro atoms. The van der Waals surface area contributed by atoms with Crippen LogP contribution >= 0.6 is 0 Å². The minimum Gasteiger partial charge on any atom is -0.368 e. The summed E-state index contributed by atoms with van der Waals surface area (Å²) in [6, 6.07) is 14.2. The molecule has 0 atom stereocenters. The third-order valence-corrected chi connectivity index (χ3v) is 4.79. The maximum Gasteiger partial charge on any atom is 0.221 e. The first kappa shape index (κ1) is 18.7. The molecule has 0 amide bonds. The number of hydrogen-bond acceptors (Lipinski definition) is 6. The van der Waals surface area contributed by atoms with Crippen LogP contribution in [0.3, 0.4) is 0 Å². The van der Waals surface area contributed by atoms with Gasteiger partial charge in [0, 0.05) is 16.8 Å². The normalized spacial score (nSPS) is 11.0. The van der Waals surface area contributed by atoms with Gasteiger partial charge in [0.25, 0.3) is 0 Å². The largest absolute Gasteiger partial charge is 0.368 e. The smallest absolute Gasteiger partial charge is 0.221 e. The predicted molar refractivity (Wildman–Crippen MR) is 113 cm³/mol. The number of nitrogen functional groups attached to an aromatic ring is 1. The van der Waals surface area contributed by atoms with Gasteiger partial charge in [-0.3, -0.25) is 4.98 Å². The highest BCUT2D eigenvalue weighted by molar-refractivity contribution is 5.72. The van der Waals surface area contributed by atoms with Crippen LogP contribution in [0, 0.1) is 13.8 Å². The summed E-state index contributed by atoms with van der Waals surface area (Å²) in [4.78, 5) is 13.5. The van der Waals surface area contributed by atoms with Gasteiger partial charge in [-0.25, -0.2) is 14.6 Å². The van der Waals surface area contributed by atoms with Crippen molar-refractivity contribution in [3.8, 4) is 22.6 Å². The third-order valence-electron chi connectivity index (χ3n) is 4.79. The van der Waals surface area contributed by atoms with Crippen molar-refractivity contribution in [1.29, 1.82) is 0 Å². The molecule has 4 aromatic rings. The molecule has 0 unspecified atom stereocenters. The van der Waals surface area contributed by atoms with Crippen LogP contribution < -0.4 is 5.73 Å². The number of aromatic nitrogens is 6. The Labute approximate surface area is 169 Å². The Hall–Kier alpha value is -3.61. The Balaban J connectivity index is 1.69. The van der Waals surface area contributed by atoms with E-state index in [4.69, 9.17) is 5.73 Å². The van der Waals surface area contributed by atoms with Gasteiger partial charge in [-0.05, 0) is 38.5 Å². The number of benzene rings is 1. The van der Waals surface area contributed by atoms with Crippen molar-refractivity contribution in [2.75, 3.05) is 5.73 Å². The Kier molecular flexibility index (Phi) is 5.03. The lowest BCUT2D eigenvalue weighted by molar-refractivity contribution is 0.636. The zero-order valence-electron chi connectivity index (χ0n) is 16.8. The number of hydrogen-bond donors (Lipinski definition) is 1. The first-order valence-corrected chi connectivity index (χ1v) is 9.60. The molecule has 0 bridgehead atoms. The third kappa shape index (κ3) is 3.99. The molecule has 1 aromatic carbocycles. The second-order valence-corrected chi connectivity index (χ2v) is 7.05. The average Bonchev–Trinajstić information content (AvgIpc) is 3.17. The molecule has 3 aromatic heterocycles. The number of rotatable bonds is 5. The Bertz CT molecular complexity index is 1160. The summed E-state index contributed by atoms with van der Waals surface area (Å²) in [5.41, 5.74) is 13.3. The standard InChI is InChI=1S/C22H23N7/c1-4-17-9-6-10-18(24-17)12-29-13-19(27-28-29)21-15(3)20(25-22(23)26-21)16-8-5-7-14(2)11-16/h5-11,13H,4,12H2,1-3H3,(H2,23,25,26). The molecular weight excluding hydrogens is 362 g/mol. The summed E-state index contributed by atoms with van der Waals surface area (Å²) in [6.07, 6.45) is 2.77. The molecule has 146 valence electrons. The zero-order valence-corrected chi connectivity index (χ0v) is 16.8. The Morgan fingerprint density at radius 1 is 0.931 bits per heavy atom. The lowest BCUT2D eigenvalue weighted by atomic mass is 10.0. The van der Waals surface area contributed by atoms with E-state index in [-0.39, 0.29) is 5.95 Å². The van der Waals surface area contributed by atoms with Crippen molar-refractivity contribution in [3.63, 3.8) is 0 Å².